The number of fused-ring (bicyclic) bond motifs is 2. The van der Waals surface area contributed by atoms with Crippen LogP contribution >= 0.6 is 0 Å². The van der Waals surface area contributed by atoms with Crippen LogP contribution < -0.4 is 14.7 Å². The topological polar surface area (TPSA) is 9.72 Å². The van der Waals surface area contributed by atoms with Gasteiger partial charge in [-0.15, -0.1) is 0 Å². The fourth-order valence-corrected chi connectivity index (χ4v) is 6.53. The molecule has 7 aromatic carbocycles. The first-order chi connectivity index (χ1) is 22.8. The van der Waals surface area contributed by atoms with Crippen LogP contribution in [0, 0.1) is 0 Å². The second-order valence-corrected chi connectivity index (χ2v) is 11.5. The van der Waals surface area contributed by atoms with Crippen LogP contribution in [0.25, 0.3) is 0 Å². The molecule has 3 nitrogen and oxygen atoms in total. The van der Waals surface area contributed by atoms with Crippen LogP contribution in [0.2, 0.25) is 0 Å². The summed E-state index contributed by atoms with van der Waals surface area (Å²) in [5.74, 6) is 0. The third-order valence-electron chi connectivity index (χ3n) is 8.58. The van der Waals surface area contributed by atoms with Crippen LogP contribution in [0.1, 0.15) is 11.1 Å². The molecule has 8 rings (SSSR count). The third-order valence-corrected chi connectivity index (χ3v) is 8.58. The van der Waals surface area contributed by atoms with E-state index in [2.05, 4.69) is 203 Å². The Bertz CT molecular complexity index is 1850. The van der Waals surface area contributed by atoms with E-state index in [9.17, 15) is 0 Å². The second kappa shape index (κ2) is 12.1. The first-order valence-electron chi connectivity index (χ1n) is 15.7. The van der Waals surface area contributed by atoms with E-state index in [-0.39, 0.29) is 0 Å². The van der Waals surface area contributed by atoms with Gasteiger partial charge in [-0.25, -0.2) is 0 Å². The van der Waals surface area contributed by atoms with Gasteiger partial charge in [0.1, 0.15) is 0 Å². The summed E-state index contributed by atoms with van der Waals surface area (Å²) in [6, 6.07) is 67.0. The van der Waals surface area contributed by atoms with Crippen molar-refractivity contribution in [3.63, 3.8) is 0 Å². The molecular formula is C43H33N3. The van der Waals surface area contributed by atoms with Gasteiger partial charge in [-0.1, -0.05) is 91.0 Å². The van der Waals surface area contributed by atoms with E-state index < -0.39 is 0 Å². The summed E-state index contributed by atoms with van der Waals surface area (Å²) in [4.78, 5) is 7.09. The lowest BCUT2D eigenvalue weighted by Crippen LogP contribution is -2.20. The molecule has 0 aromatic heterocycles. The largest absolute Gasteiger partial charge is 0.310 e. The zero-order valence-electron chi connectivity index (χ0n) is 25.4. The molecule has 0 aliphatic carbocycles. The molecule has 46 heavy (non-hydrogen) atoms. The maximum absolute atomic E-state index is 2.41. The van der Waals surface area contributed by atoms with Crippen molar-refractivity contribution in [2.45, 2.75) is 6.42 Å². The van der Waals surface area contributed by atoms with Crippen LogP contribution in [0.4, 0.5) is 51.2 Å². The quantitative estimate of drug-likeness (QED) is 0.183. The molecule has 0 atom stereocenters. The van der Waals surface area contributed by atoms with Gasteiger partial charge in [0, 0.05) is 57.6 Å². The van der Waals surface area contributed by atoms with Gasteiger partial charge in [0.2, 0.25) is 0 Å². The minimum Gasteiger partial charge on any atom is -0.310 e. The first-order valence-corrected chi connectivity index (χ1v) is 15.7. The van der Waals surface area contributed by atoms with Crippen molar-refractivity contribution in [3.05, 3.63) is 199 Å². The van der Waals surface area contributed by atoms with Gasteiger partial charge in [-0.2, -0.15) is 0 Å². The predicted molar refractivity (Wildman–Crippen MR) is 193 cm³/mol. The second-order valence-electron chi connectivity index (χ2n) is 11.5. The van der Waals surface area contributed by atoms with E-state index in [1.165, 1.54) is 22.5 Å². The Morgan fingerprint density at radius 2 is 0.652 bits per heavy atom. The third kappa shape index (κ3) is 5.18. The smallest absolute Gasteiger partial charge is 0.0498 e. The zero-order valence-corrected chi connectivity index (χ0v) is 25.4. The van der Waals surface area contributed by atoms with E-state index in [0.717, 1.165) is 46.2 Å². The summed E-state index contributed by atoms with van der Waals surface area (Å²) in [7, 11) is 0. The van der Waals surface area contributed by atoms with Crippen molar-refractivity contribution in [1.29, 1.82) is 0 Å². The normalized spacial score (nSPS) is 11.8. The van der Waals surface area contributed by atoms with Gasteiger partial charge in [0.15, 0.2) is 0 Å². The molecule has 1 aliphatic heterocycles. The Balaban J connectivity index is 1.28. The Labute approximate surface area is 270 Å². The van der Waals surface area contributed by atoms with Crippen LogP contribution in [0.3, 0.4) is 0 Å². The SMILES string of the molecule is c1ccc(N(c2ccccc2)c2ccc3c(c2)Cc2cc(N(c4ccccc4)c4ccccc4)ccc2N3c2ccccc2)cc1. The highest BCUT2D eigenvalue weighted by molar-refractivity contribution is 5.88. The van der Waals surface area contributed by atoms with E-state index in [4.69, 9.17) is 0 Å². The molecule has 1 heterocycles. The minimum absolute atomic E-state index is 0.824. The number of rotatable bonds is 7. The average Bonchev–Trinajstić information content (AvgIpc) is 3.13. The summed E-state index contributed by atoms with van der Waals surface area (Å²) in [6.45, 7) is 0. The molecule has 0 saturated carbocycles. The van der Waals surface area contributed by atoms with Crippen LogP contribution in [-0.2, 0) is 6.42 Å². The fourth-order valence-electron chi connectivity index (χ4n) is 6.53. The molecule has 0 saturated heterocycles. The molecule has 220 valence electrons. The summed E-state index contributed by atoms with van der Waals surface area (Å²) in [6.07, 6.45) is 0.824. The molecule has 0 unspecified atom stereocenters. The van der Waals surface area contributed by atoms with Crippen LogP contribution in [0.5, 0.6) is 0 Å². The summed E-state index contributed by atoms with van der Waals surface area (Å²) in [5.41, 5.74) is 12.9. The van der Waals surface area contributed by atoms with Gasteiger partial charge in [-0.3, -0.25) is 0 Å². The lowest BCUT2D eigenvalue weighted by molar-refractivity contribution is 1.08. The zero-order chi connectivity index (χ0) is 30.7. The number of benzene rings is 7. The Morgan fingerprint density at radius 1 is 0.326 bits per heavy atom. The van der Waals surface area contributed by atoms with E-state index in [0.29, 0.717) is 0 Å². The van der Waals surface area contributed by atoms with Crippen molar-refractivity contribution in [1.82, 2.24) is 0 Å². The number of nitrogens with zero attached hydrogens (tertiary/aromatic N) is 3. The molecule has 7 aromatic rings. The molecule has 0 spiro atoms. The van der Waals surface area contributed by atoms with Crippen molar-refractivity contribution >= 4 is 51.2 Å². The van der Waals surface area contributed by atoms with Gasteiger partial charge in [0.05, 0.1) is 0 Å². The molecular weight excluding hydrogens is 558 g/mol. The predicted octanol–water partition coefficient (Wildman–Crippen LogP) is 12.0. The number of anilines is 9. The summed E-state index contributed by atoms with van der Waals surface area (Å²) in [5, 5.41) is 0. The van der Waals surface area contributed by atoms with Gasteiger partial charge >= 0.3 is 0 Å². The monoisotopic (exact) mass is 591 g/mol. The number of para-hydroxylation sites is 5. The summed E-state index contributed by atoms with van der Waals surface area (Å²) < 4.78 is 0. The van der Waals surface area contributed by atoms with E-state index in [1.807, 2.05) is 0 Å². The van der Waals surface area contributed by atoms with Crippen molar-refractivity contribution < 1.29 is 0 Å². The highest BCUT2D eigenvalue weighted by Gasteiger charge is 2.27. The number of hydrogen-bond acceptors (Lipinski definition) is 3. The van der Waals surface area contributed by atoms with Crippen LogP contribution in [-0.4, -0.2) is 0 Å². The molecule has 0 fully saturated rings. The van der Waals surface area contributed by atoms with Gasteiger partial charge in [-0.05, 0) is 108 Å². The fraction of sp³-hybridized carbons (Fsp3) is 0.0233. The Kier molecular flexibility index (Phi) is 7.26. The van der Waals surface area contributed by atoms with Gasteiger partial charge < -0.3 is 14.7 Å². The molecule has 3 heteroatoms. The maximum atomic E-state index is 2.41. The molecule has 0 amide bonds. The summed E-state index contributed by atoms with van der Waals surface area (Å²) >= 11 is 0. The first kappa shape index (κ1) is 27.5. The van der Waals surface area contributed by atoms with E-state index in [1.54, 1.807) is 0 Å². The Hall–Kier alpha value is -6.06. The highest BCUT2D eigenvalue weighted by Crippen LogP contribution is 2.48. The molecule has 1 aliphatic rings. The molecule has 0 bridgehead atoms. The standard InChI is InChI=1S/C43H33N3/c1-6-16-35(17-7-1)44(36-18-8-2-9-19-36)40-26-28-42-33(31-40)30-34-32-41(27-29-43(34)46(42)39-24-14-5-15-25-39)45(37-20-10-3-11-21-37)38-22-12-4-13-23-38/h1-29,31-32H,30H2. The molecule has 0 N–H and O–H groups in total. The lowest BCUT2D eigenvalue weighted by atomic mass is 9.93. The van der Waals surface area contributed by atoms with Crippen molar-refractivity contribution in [2.24, 2.45) is 0 Å². The molecule has 0 radical (unpaired) electrons. The lowest BCUT2D eigenvalue weighted by Gasteiger charge is -2.36. The number of hydrogen-bond donors (Lipinski definition) is 0. The maximum Gasteiger partial charge on any atom is 0.0498 e. The Morgan fingerprint density at radius 3 is 1.00 bits per heavy atom. The highest BCUT2D eigenvalue weighted by atomic mass is 15.2. The minimum atomic E-state index is 0.824. The van der Waals surface area contributed by atoms with E-state index >= 15 is 0 Å². The van der Waals surface area contributed by atoms with Crippen molar-refractivity contribution in [2.75, 3.05) is 14.7 Å². The van der Waals surface area contributed by atoms with Crippen LogP contribution in [0.15, 0.2) is 188 Å². The van der Waals surface area contributed by atoms with Crippen molar-refractivity contribution in [3.8, 4) is 0 Å². The van der Waals surface area contributed by atoms with Gasteiger partial charge in [0.25, 0.3) is 0 Å². The average molecular weight is 592 g/mol.